The van der Waals surface area contributed by atoms with E-state index in [1.807, 2.05) is 18.2 Å². The molecule has 0 aliphatic carbocycles. The highest BCUT2D eigenvalue weighted by atomic mass is 16.4. The van der Waals surface area contributed by atoms with Gasteiger partial charge in [-0.25, -0.2) is 0 Å². The number of carboxylic acids is 1. The van der Waals surface area contributed by atoms with E-state index in [1.165, 1.54) is 0 Å². The number of carboxylic acid groups (broad SMARTS) is 1. The standard InChI is InChI=1S/C22H26N2O4/c1-3-15-7-5-8-16(4-2)21(15)24-22(28)17-11-13-18(14-12-17)23-19(25)9-6-10-20(26)27/h5,7-8,11-14H,3-4,6,9-10H2,1-2H3,(H,23,25)(H,24,28)(H,26,27). The van der Waals surface area contributed by atoms with Crippen molar-refractivity contribution in [3.8, 4) is 0 Å². The molecule has 0 atom stereocenters. The highest BCUT2D eigenvalue weighted by molar-refractivity contribution is 6.05. The number of benzene rings is 2. The lowest BCUT2D eigenvalue weighted by atomic mass is 10.0. The molecule has 0 radical (unpaired) electrons. The van der Waals surface area contributed by atoms with Crippen LogP contribution in [0, 0.1) is 0 Å². The molecule has 0 bridgehead atoms. The first-order valence-electron chi connectivity index (χ1n) is 9.48. The van der Waals surface area contributed by atoms with E-state index in [-0.39, 0.29) is 31.1 Å². The number of hydrogen-bond acceptors (Lipinski definition) is 3. The summed E-state index contributed by atoms with van der Waals surface area (Å²) in [5.41, 5.74) is 4.13. The molecule has 28 heavy (non-hydrogen) atoms. The number of amides is 2. The Hall–Kier alpha value is -3.15. The molecule has 2 rings (SSSR count). The summed E-state index contributed by atoms with van der Waals surface area (Å²) in [5.74, 6) is -1.36. The van der Waals surface area contributed by atoms with Crippen molar-refractivity contribution in [2.75, 3.05) is 10.6 Å². The number of aliphatic carboxylic acids is 1. The van der Waals surface area contributed by atoms with Gasteiger partial charge in [-0.3, -0.25) is 14.4 Å². The molecule has 2 amide bonds. The highest BCUT2D eigenvalue weighted by Crippen LogP contribution is 2.23. The number of nitrogens with one attached hydrogen (secondary N) is 2. The second-order valence-electron chi connectivity index (χ2n) is 6.49. The van der Waals surface area contributed by atoms with Crippen molar-refractivity contribution >= 4 is 29.2 Å². The third kappa shape index (κ3) is 5.94. The molecule has 0 aliphatic rings. The Balaban J connectivity index is 2.01. The second kappa shape index (κ2) is 10.3. The summed E-state index contributed by atoms with van der Waals surface area (Å²) in [6, 6.07) is 12.7. The molecule has 0 unspecified atom stereocenters. The maximum Gasteiger partial charge on any atom is 0.303 e. The van der Waals surface area contributed by atoms with Gasteiger partial charge in [-0.15, -0.1) is 0 Å². The van der Waals surface area contributed by atoms with E-state index in [2.05, 4.69) is 24.5 Å². The molecular weight excluding hydrogens is 356 g/mol. The van der Waals surface area contributed by atoms with Crippen LogP contribution in [0.5, 0.6) is 0 Å². The Bertz CT molecular complexity index is 822. The van der Waals surface area contributed by atoms with Crippen LogP contribution in [0.2, 0.25) is 0 Å². The summed E-state index contributed by atoms with van der Waals surface area (Å²) >= 11 is 0. The number of hydrogen-bond donors (Lipinski definition) is 3. The fourth-order valence-electron chi connectivity index (χ4n) is 2.92. The average Bonchev–Trinajstić information content (AvgIpc) is 2.68. The third-order valence-corrected chi connectivity index (χ3v) is 4.46. The number of carbonyl (C=O) groups is 3. The molecule has 0 heterocycles. The molecule has 0 fully saturated rings. The quantitative estimate of drug-likeness (QED) is 0.604. The van der Waals surface area contributed by atoms with Crippen molar-refractivity contribution in [3.63, 3.8) is 0 Å². The average molecular weight is 382 g/mol. The Kier molecular flexibility index (Phi) is 7.75. The predicted octanol–water partition coefficient (Wildman–Crippen LogP) is 4.26. The van der Waals surface area contributed by atoms with Crippen LogP contribution in [0.1, 0.15) is 54.6 Å². The molecule has 0 aliphatic heterocycles. The van der Waals surface area contributed by atoms with Crippen LogP contribution in [-0.2, 0) is 22.4 Å². The minimum Gasteiger partial charge on any atom is -0.481 e. The van der Waals surface area contributed by atoms with Gasteiger partial charge in [0.15, 0.2) is 0 Å². The maximum atomic E-state index is 12.6. The number of para-hydroxylation sites is 1. The molecule has 6 nitrogen and oxygen atoms in total. The summed E-state index contributed by atoms with van der Waals surface area (Å²) in [5, 5.41) is 14.3. The summed E-state index contributed by atoms with van der Waals surface area (Å²) in [4.78, 5) is 34.9. The van der Waals surface area contributed by atoms with Crippen LogP contribution in [0.15, 0.2) is 42.5 Å². The van der Waals surface area contributed by atoms with Gasteiger partial charge in [0.05, 0.1) is 0 Å². The van der Waals surface area contributed by atoms with E-state index in [1.54, 1.807) is 24.3 Å². The Morgan fingerprint density at radius 3 is 2.00 bits per heavy atom. The van der Waals surface area contributed by atoms with Gasteiger partial charge in [0.1, 0.15) is 0 Å². The number of rotatable bonds is 9. The van der Waals surface area contributed by atoms with Crippen LogP contribution < -0.4 is 10.6 Å². The zero-order chi connectivity index (χ0) is 20.5. The van der Waals surface area contributed by atoms with Crippen molar-refractivity contribution < 1.29 is 19.5 Å². The van der Waals surface area contributed by atoms with E-state index in [0.29, 0.717) is 11.3 Å². The van der Waals surface area contributed by atoms with Gasteiger partial charge in [-0.05, 0) is 54.7 Å². The second-order valence-corrected chi connectivity index (χ2v) is 6.49. The number of carbonyl (C=O) groups excluding carboxylic acids is 2. The Morgan fingerprint density at radius 1 is 0.857 bits per heavy atom. The molecule has 2 aromatic carbocycles. The summed E-state index contributed by atoms with van der Waals surface area (Å²) in [6.07, 6.45) is 2.05. The van der Waals surface area contributed by atoms with Crippen LogP contribution in [0.3, 0.4) is 0 Å². The first-order valence-corrected chi connectivity index (χ1v) is 9.48. The van der Waals surface area contributed by atoms with Gasteiger partial charge >= 0.3 is 5.97 Å². The third-order valence-electron chi connectivity index (χ3n) is 4.46. The first kappa shape index (κ1) is 21.2. The van der Waals surface area contributed by atoms with Gasteiger partial charge < -0.3 is 15.7 Å². The van der Waals surface area contributed by atoms with E-state index in [0.717, 1.165) is 29.7 Å². The zero-order valence-corrected chi connectivity index (χ0v) is 16.2. The van der Waals surface area contributed by atoms with Crippen LogP contribution in [0.25, 0.3) is 0 Å². The van der Waals surface area contributed by atoms with Gasteiger partial charge in [0.25, 0.3) is 5.91 Å². The Labute approximate surface area is 165 Å². The molecule has 3 N–H and O–H groups in total. The largest absolute Gasteiger partial charge is 0.481 e. The van der Waals surface area contributed by atoms with Crippen molar-refractivity contribution in [1.29, 1.82) is 0 Å². The molecule has 2 aromatic rings. The van der Waals surface area contributed by atoms with Gasteiger partial charge in [0, 0.05) is 29.8 Å². The Morgan fingerprint density at radius 2 is 1.46 bits per heavy atom. The predicted molar refractivity (Wildman–Crippen MR) is 110 cm³/mol. The molecule has 0 saturated carbocycles. The minimum atomic E-state index is -0.918. The van der Waals surface area contributed by atoms with Crippen LogP contribution in [-0.4, -0.2) is 22.9 Å². The lowest BCUT2D eigenvalue weighted by Gasteiger charge is -2.14. The van der Waals surface area contributed by atoms with Crippen LogP contribution >= 0.6 is 0 Å². The van der Waals surface area contributed by atoms with Crippen molar-refractivity contribution in [2.24, 2.45) is 0 Å². The van der Waals surface area contributed by atoms with Crippen molar-refractivity contribution in [1.82, 2.24) is 0 Å². The van der Waals surface area contributed by atoms with E-state index in [9.17, 15) is 14.4 Å². The summed E-state index contributed by atoms with van der Waals surface area (Å²) < 4.78 is 0. The summed E-state index contributed by atoms with van der Waals surface area (Å²) in [7, 11) is 0. The van der Waals surface area contributed by atoms with Crippen LogP contribution in [0.4, 0.5) is 11.4 Å². The van der Waals surface area contributed by atoms with E-state index >= 15 is 0 Å². The fourth-order valence-corrected chi connectivity index (χ4v) is 2.92. The first-order chi connectivity index (χ1) is 13.4. The number of aryl methyl sites for hydroxylation is 2. The fraction of sp³-hybridized carbons (Fsp3) is 0.318. The van der Waals surface area contributed by atoms with Gasteiger partial charge in [0.2, 0.25) is 5.91 Å². The van der Waals surface area contributed by atoms with Crippen molar-refractivity contribution in [3.05, 3.63) is 59.2 Å². The smallest absolute Gasteiger partial charge is 0.303 e. The monoisotopic (exact) mass is 382 g/mol. The molecule has 6 heteroatoms. The van der Waals surface area contributed by atoms with E-state index in [4.69, 9.17) is 5.11 Å². The molecule has 0 saturated heterocycles. The summed E-state index contributed by atoms with van der Waals surface area (Å²) in [6.45, 7) is 4.11. The van der Waals surface area contributed by atoms with Gasteiger partial charge in [-0.2, -0.15) is 0 Å². The van der Waals surface area contributed by atoms with E-state index < -0.39 is 5.97 Å². The van der Waals surface area contributed by atoms with Crippen molar-refractivity contribution in [2.45, 2.75) is 46.0 Å². The van der Waals surface area contributed by atoms with Gasteiger partial charge in [-0.1, -0.05) is 32.0 Å². The molecular formula is C22H26N2O4. The number of anilines is 2. The molecule has 0 spiro atoms. The lowest BCUT2D eigenvalue weighted by molar-refractivity contribution is -0.137. The highest BCUT2D eigenvalue weighted by Gasteiger charge is 2.12. The zero-order valence-electron chi connectivity index (χ0n) is 16.2. The minimum absolute atomic E-state index is 0.0362. The normalized spacial score (nSPS) is 10.4. The SMILES string of the molecule is CCc1cccc(CC)c1NC(=O)c1ccc(NC(=O)CCCC(=O)O)cc1. The topological polar surface area (TPSA) is 95.5 Å². The molecule has 148 valence electrons. The lowest BCUT2D eigenvalue weighted by Crippen LogP contribution is -2.15. The molecule has 0 aromatic heterocycles. The maximum absolute atomic E-state index is 12.6.